The molecule has 0 unspecified atom stereocenters. The Morgan fingerprint density at radius 1 is 1.25 bits per heavy atom. The summed E-state index contributed by atoms with van der Waals surface area (Å²) in [6.07, 6.45) is 2.51. The highest BCUT2D eigenvalue weighted by molar-refractivity contribution is 5.94. The average molecular weight is 328 g/mol. The zero-order valence-corrected chi connectivity index (χ0v) is 13.6. The van der Waals surface area contributed by atoms with E-state index in [-0.39, 0.29) is 5.97 Å². The molecule has 0 spiro atoms. The van der Waals surface area contributed by atoms with Gasteiger partial charge < -0.3 is 19.5 Å². The van der Waals surface area contributed by atoms with Crippen LogP contribution in [0.3, 0.4) is 0 Å². The molecule has 3 rings (SSSR count). The molecule has 6 heteroatoms. The van der Waals surface area contributed by atoms with Gasteiger partial charge in [0.15, 0.2) is 11.5 Å². The maximum Gasteiger partial charge on any atom is 0.341 e. The first-order chi connectivity index (χ1) is 11.8. The van der Waals surface area contributed by atoms with Gasteiger partial charge in [0, 0.05) is 19.2 Å². The molecule has 0 radical (unpaired) electrons. The third-order valence-corrected chi connectivity index (χ3v) is 3.57. The maximum absolute atomic E-state index is 12.0. The van der Waals surface area contributed by atoms with Crippen LogP contribution in [0.15, 0.2) is 36.5 Å². The topological polar surface area (TPSA) is 69.7 Å². The molecular formula is C18H20N2O4. The fraction of sp³-hybridized carbons (Fsp3) is 0.333. The Bertz CT molecular complexity index is 718. The molecule has 1 aliphatic heterocycles. The van der Waals surface area contributed by atoms with Gasteiger partial charge in [0.2, 0.25) is 0 Å². The molecule has 0 saturated heterocycles. The van der Waals surface area contributed by atoms with E-state index in [4.69, 9.17) is 14.2 Å². The van der Waals surface area contributed by atoms with Crippen LogP contribution in [0.4, 0.5) is 5.82 Å². The van der Waals surface area contributed by atoms with E-state index in [0.717, 1.165) is 23.5 Å². The van der Waals surface area contributed by atoms with Crippen LogP contribution in [0.1, 0.15) is 29.3 Å². The third kappa shape index (κ3) is 3.76. The van der Waals surface area contributed by atoms with Gasteiger partial charge in [0.25, 0.3) is 0 Å². The Kier molecular flexibility index (Phi) is 5.15. The van der Waals surface area contributed by atoms with Crippen molar-refractivity contribution in [2.24, 2.45) is 0 Å². The predicted octanol–water partition coefficient (Wildman–Crippen LogP) is 3.03. The molecule has 24 heavy (non-hydrogen) atoms. The number of nitrogens with zero attached hydrogens (tertiary/aromatic N) is 1. The number of hydrogen-bond acceptors (Lipinski definition) is 6. The molecule has 0 fully saturated rings. The summed E-state index contributed by atoms with van der Waals surface area (Å²) in [5.74, 6) is 1.63. The number of rotatable bonds is 5. The highest BCUT2D eigenvalue weighted by atomic mass is 16.5. The van der Waals surface area contributed by atoms with Gasteiger partial charge in [0.05, 0.1) is 19.8 Å². The summed E-state index contributed by atoms with van der Waals surface area (Å²) in [6.45, 7) is 3.94. The molecule has 1 aliphatic rings. The molecular weight excluding hydrogens is 308 g/mol. The van der Waals surface area contributed by atoms with Gasteiger partial charge in [-0.25, -0.2) is 9.78 Å². The number of benzene rings is 1. The van der Waals surface area contributed by atoms with Gasteiger partial charge in [-0.2, -0.15) is 0 Å². The summed E-state index contributed by atoms with van der Waals surface area (Å²) in [5.41, 5.74) is 1.44. The minimum atomic E-state index is -0.383. The maximum atomic E-state index is 12.0. The lowest BCUT2D eigenvalue weighted by atomic mass is 10.2. The fourth-order valence-corrected chi connectivity index (χ4v) is 2.42. The summed E-state index contributed by atoms with van der Waals surface area (Å²) in [5, 5.41) is 3.18. The monoisotopic (exact) mass is 328 g/mol. The van der Waals surface area contributed by atoms with Crippen LogP contribution < -0.4 is 14.8 Å². The minimum Gasteiger partial charge on any atom is -0.490 e. The molecule has 0 atom stereocenters. The van der Waals surface area contributed by atoms with E-state index < -0.39 is 0 Å². The Hall–Kier alpha value is -2.76. The number of fused-ring (bicyclic) bond motifs is 1. The quantitative estimate of drug-likeness (QED) is 0.851. The van der Waals surface area contributed by atoms with E-state index in [9.17, 15) is 4.79 Å². The number of esters is 1. The Labute approximate surface area is 140 Å². The van der Waals surface area contributed by atoms with Crippen molar-refractivity contribution in [1.82, 2.24) is 4.98 Å². The van der Waals surface area contributed by atoms with Gasteiger partial charge >= 0.3 is 5.97 Å². The second-order valence-corrected chi connectivity index (χ2v) is 5.31. The van der Waals surface area contributed by atoms with Crippen molar-refractivity contribution in [3.05, 3.63) is 47.7 Å². The van der Waals surface area contributed by atoms with Crippen LogP contribution in [-0.4, -0.2) is 30.8 Å². The number of pyridine rings is 1. The molecule has 126 valence electrons. The summed E-state index contributed by atoms with van der Waals surface area (Å²) in [4.78, 5) is 16.2. The summed E-state index contributed by atoms with van der Waals surface area (Å²) in [7, 11) is 0. The van der Waals surface area contributed by atoms with Gasteiger partial charge in [0.1, 0.15) is 11.4 Å². The van der Waals surface area contributed by atoms with Crippen molar-refractivity contribution in [1.29, 1.82) is 0 Å². The Morgan fingerprint density at radius 3 is 2.92 bits per heavy atom. The van der Waals surface area contributed by atoms with Crippen molar-refractivity contribution in [3.63, 3.8) is 0 Å². The third-order valence-electron chi connectivity index (χ3n) is 3.57. The van der Waals surface area contributed by atoms with Crippen molar-refractivity contribution in [2.75, 3.05) is 25.1 Å². The van der Waals surface area contributed by atoms with Gasteiger partial charge in [-0.1, -0.05) is 6.07 Å². The standard InChI is InChI=1S/C18H20N2O4/c1-2-22-18(21)14-5-3-8-19-17(14)20-12-13-6-7-15-16(11-13)24-10-4-9-23-15/h3,5-8,11H,2,4,9-10,12H2,1H3,(H,19,20). The van der Waals surface area contributed by atoms with Crippen LogP contribution >= 0.6 is 0 Å². The molecule has 6 nitrogen and oxygen atoms in total. The molecule has 2 heterocycles. The lowest BCUT2D eigenvalue weighted by Gasteiger charge is -2.12. The summed E-state index contributed by atoms with van der Waals surface area (Å²) >= 11 is 0. The van der Waals surface area contributed by atoms with Crippen molar-refractivity contribution < 1.29 is 19.0 Å². The average Bonchev–Trinajstić information content (AvgIpc) is 2.85. The number of hydrogen-bond donors (Lipinski definition) is 1. The smallest absolute Gasteiger partial charge is 0.341 e. The Balaban J connectivity index is 1.72. The highest BCUT2D eigenvalue weighted by Gasteiger charge is 2.14. The van der Waals surface area contributed by atoms with E-state index in [1.165, 1.54) is 0 Å². The molecule has 0 amide bonds. The van der Waals surface area contributed by atoms with Crippen LogP contribution in [0, 0.1) is 0 Å². The number of carbonyl (C=O) groups is 1. The predicted molar refractivity (Wildman–Crippen MR) is 89.6 cm³/mol. The molecule has 1 N–H and O–H groups in total. The summed E-state index contributed by atoms with van der Waals surface area (Å²) < 4.78 is 16.4. The lowest BCUT2D eigenvalue weighted by Crippen LogP contribution is -2.11. The van der Waals surface area contributed by atoms with Crippen LogP contribution in [-0.2, 0) is 11.3 Å². The molecule has 0 bridgehead atoms. The molecule has 0 aliphatic carbocycles. The Morgan fingerprint density at radius 2 is 2.08 bits per heavy atom. The number of aromatic nitrogens is 1. The van der Waals surface area contributed by atoms with E-state index >= 15 is 0 Å². The second kappa shape index (κ2) is 7.68. The molecule has 1 aromatic heterocycles. The number of nitrogens with one attached hydrogen (secondary N) is 1. The molecule has 2 aromatic rings. The van der Waals surface area contributed by atoms with E-state index in [0.29, 0.717) is 37.7 Å². The zero-order valence-electron chi connectivity index (χ0n) is 13.6. The van der Waals surface area contributed by atoms with Crippen LogP contribution in [0.5, 0.6) is 11.5 Å². The van der Waals surface area contributed by atoms with Gasteiger partial charge in [-0.3, -0.25) is 0 Å². The normalized spacial score (nSPS) is 13.0. The number of anilines is 1. The first-order valence-electron chi connectivity index (χ1n) is 8.02. The second-order valence-electron chi connectivity index (χ2n) is 5.31. The van der Waals surface area contributed by atoms with E-state index in [1.54, 1.807) is 25.3 Å². The lowest BCUT2D eigenvalue weighted by molar-refractivity contribution is 0.0527. The van der Waals surface area contributed by atoms with E-state index in [1.807, 2.05) is 18.2 Å². The van der Waals surface area contributed by atoms with Gasteiger partial charge in [-0.15, -0.1) is 0 Å². The first kappa shape index (κ1) is 16.1. The minimum absolute atomic E-state index is 0.329. The zero-order chi connectivity index (χ0) is 16.8. The molecule has 1 aromatic carbocycles. The van der Waals surface area contributed by atoms with Crippen molar-refractivity contribution in [3.8, 4) is 11.5 Å². The largest absolute Gasteiger partial charge is 0.490 e. The van der Waals surface area contributed by atoms with Gasteiger partial charge in [-0.05, 0) is 36.8 Å². The van der Waals surface area contributed by atoms with Crippen LogP contribution in [0.25, 0.3) is 0 Å². The van der Waals surface area contributed by atoms with Crippen molar-refractivity contribution >= 4 is 11.8 Å². The number of ether oxygens (including phenoxy) is 3. The van der Waals surface area contributed by atoms with Crippen molar-refractivity contribution in [2.45, 2.75) is 19.9 Å². The highest BCUT2D eigenvalue weighted by Crippen LogP contribution is 2.30. The molecule has 0 saturated carbocycles. The number of carbonyl (C=O) groups excluding carboxylic acids is 1. The first-order valence-corrected chi connectivity index (χ1v) is 8.02. The SMILES string of the molecule is CCOC(=O)c1cccnc1NCc1ccc2c(c1)OCCCO2. The summed E-state index contributed by atoms with van der Waals surface area (Å²) in [6, 6.07) is 9.22. The fourth-order valence-electron chi connectivity index (χ4n) is 2.42. The van der Waals surface area contributed by atoms with E-state index in [2.05, 4.69) is 10.3 Å². The van der Waals surface area contributed by atoms with Crippen LogP contribution in [0.2, 0.25) is 0 Å².